The molecule has 0 radical (unpaired) electrons. The van der Waals surface area contributed by atoms with Crippen molar-refractivity contribution in [3.05, 3.63) is 47.2 Å². The standard InChI is InChI=1S/C19H26N2O/c1-6-17(22)18(13(2)3)20-19-14(4)12-16(21(19)5)15-10-8-7-9-11-15/h7-11,14,16H,6,12H2,1-5H3/b20-19-. The van der Waals surface area contributed by atoms with Crippen LogP contribution in [0.15, 0.2) is 46.6 Å². The molecule has 1 aromatic carbocycles. The van der Waals surface area contributed by atoms with Crippen LogP contribution in [-0.2, 0) is 4.79 Å². The number of ketones is 1. The summed E-state index contributed by atoms with van der Waals surface area (Å²) in [4.78, 5) is 19.1. The van der Waals surface area contributed by atoms with E-state index >= 15 is 0 Å². The number of aliphatic imine (C=N–C) groups is 1. The summed E-state index contributed by atoms with van der Waals surface area (Å²) in [6.07, 6.45) is 1.53. The van der Waals surface area contributed by atoms with Crippen LogP contribution in [0.2, 0.25) is 0 Å². The smallest absolute Gasteiger partial charge is 0.180 e. The first-order valence-corrected chi connectivity index (χ1v) is 8.02. The Bertz CT molecular complexity index is 597. The fraction of sp³-hybridized carbons (Fsp3) is 0.474. The Labute approximate surface area is 133 Å². The van der Waals surface area contributed by atoms with Gasteiger partial charge in [0.05, 0.1) is 6.04 Å². The molecule has 0 amide bonds. The summed E-state index contributed by atoms with van der Waals surface area (Å²) >= 11 is 0. The molecule has 1 aliphatic heterocycles. The Kier molecular flexibility index (Phi) is 5.17. The molecule has 2 unspecified atom stereocenters. The van der Waals surface area contributed by atoms with E-state index in [2.05, 4.69) is 43.1 Å². The maximum Gasteiger partial charge on any atom is 0.180 e. The number of Topliss-reactive ketones (excluding diaryl/α,β-unsaturated/α-hetero) is 1. The molecule has 0 aromatic heterocycles. The minimum atomic E-state index is 0.122. The molecule has 0 spiro atoms. The topological polar surface area (TPSA) is 32.7 Å². The van der Waals surface area contributed by atoms with E-state index in [0.29, 0.717) is 24.1 Å². The molecule has 1 saturated heterocycles. The van der Waals surface area contributed by atoms with Crippen molar-refractivity contribution in [3.63, 3.8) is 0 Å². The zero-order valence-corrected chi connectivity index (χ0v) is 14.3. The van der Waals surface area contributed by atoms with E-state index in [4.69, 9.17) is 4.99 Å². The zero-order valence-electron chi connectivity index (χ0n) is 14.3. The van der Waals surface area contributed by atoms with Gasteiger partial charge in [-0.1, -0.05) is 44.2 Å². The average molecular weight is 298 g/mol. The minimum Gasteiger partial charge on any atom is -0.356 e. The van der Waals surface area contributed by atoms with E-state index in [-0.39, 0.29) is 5.78 Å². The SMILES string of the molecule is CCC(=O)C(/N=C1/C(C)CC(c2ccccc2)N1C)=C(C)C. The summed E-state index contributed by atoms with van der Waals surface area (Å²) in [7, 11) is 2.08. The number of carbonyl (C=O) groups is 1. The Morgan fingerprint density at radius 3 is 2.45 bits per heavy atom. The summed E-state index contributed by atoms with van der Waals surface area (Å²) in [5.41, 5.74) is 2.93. The Morgan fingerprint density at radius 1 is 1.27 bits per heavy atom. The minimum absolute atomic E-state index is 0.122. The van der Waals surface area contributed by atoms with Crippen LogP contribution in [0.4, 0.5) is 0 Å². The third-order valence-electron chi connectivity index (χ3n) is 4.32. The lowest BCUT2D eigenvalue weighted by atomic mass is 10.0. The fourth-order valence-corrected chi connectivity index (χ4v) is 3.06. The van der Waals surface area contributed by atoms with Gasteiger partial charge in [-0.25, -0.2) is 4.99 Å². The number of allylic oxidation sites excluding steroid dienone is 2. The van der Waals surface area contributed by atoms with Crippen LogP contribution < -0.4 is 0 Å². The highest BCUT2D eigenvalue weighted by Gasteiger charge is 2.33. The van der Waals surface area contributed by atoms with E-state index in [0.717, 1.165) is 17.8 Å². The van der Waals surface area contributed by atoms with Crippen LogP contribution >= 0.6 is 0 Å². The Balaban J connectivity index is 2.34. The van der Waals surface area contributed by atoms with Gasteiger partial charge in [-0.2, -0.15) is 0 Å². The fourth-order valence-electron chi connectivity index (χ4n) is 3.06. The van der Waals surface area contributed by atoms with Crippen molar-refractivity contribution in [2.24, 2.45) is 10.9 Å². The summed E-state index contributed by atoms with van der Waals surface area (Å²) in [5, 5.41) is 0. The zero-order chi connectivity index (χ0) is 16.3. The highest BCUT2D eigenvalue weighted by Crippen LogP contribution is 2.36. The summed E-state index contributed by atoms with van der Waals surface area (Å²) in [6.45, 7) is 8.00. The van der Waals surface area contributed by atoms with E-state index in [1.807, 2.05) is 26.8 Å². The predicted molar refractivity (Wildman–Crippen MR) is 91.8 cm³/mol. The number of likely N-dealkylation sites (tertiary alicyclic amines) is 1. The number of nitrogens with zero attached hydrogens (tertiary/aromatic N) is 2. The molecule has 0 bridgehead atoms. The van der Waals surface area contributed by atoms with Gasteiger partial charge < -0.3 is 4.90 Å². The van der Waals surface area contributed by atoms with Crippen LogP contribution in [0.5, 0.6) is 0 Å². The number of carbonyl (C=O) groups excluding carboxylic acids is 1. The molecular weight excluding hydrogens is 272 g/mol. The van der Waals surface area contributed by atoms with Gasteiger partial charge in [0.1, 0.15) is 11.5 Å². The van der Waals surface area contributed by atoms with Gasteiger partial charge in [0.15, 0.2) is 5.78 Å². The largest absolute Gasteiger partial charge is 0.356 e. The second-order valence-corrected chi connectivity index (χ2v) is 6.27. The van der Waals surface area contributed by atoms with E-state index in [9.17, 15) is 4.79 Å². The van der Waals surface area contributed by atoms with Crippen molar-refractivity contribution in [2.45, 2.75) is 46.6 Å². The number of rotatable bonds is 4. The van der Waals surface area contributed by atoms with Gasteiger partial charge >= 0.3 is 0 Å². The summed E-state index contributed by atoms with van der Waals surface area (Å²) in [5.74, 6) is 1.50. The molecule has 1 aromatic rings. The lowest BCUT2D eigenvalue weighted by Crippen LogP contribution is -2.25. The molecule has 0 aliphatic carbocycles. The monoisotopic (exact) mass is 298 g/mol. The van der Waals surface area contributed by atoms with Crippen molar-refractivity contribution >= 4 is 11.6 Å². The van der Waals surface area contributed by atoms with Gasteiger partial charge in [-0.15, -0.1) is 0 Å². The van der Waals surface area contributed by atoms with Crippen molar-refractivity contribution in [2.75, 3.05) is 7.05 Å². The lowest BCUT2D eigenvalue weighted by molar-refractivity contribution is -0.115. The van der Waals surface area contributed by atoms with Gasteiger partial charge in [-0.3, -0.25) is 4.79 Å². The van der Waals surface area contributed by atoms with Crippen molar-refractivity contribution in [3.8, 4) is 0 Å². The number of amidine groups is 1. The van der Waals surface area contributed by atoms with E-state index < -0.39 is 0 Å². The molecule has 1 heterocycles. The molecule has 0 N–H and O–H groups in total. The van der Waals surface area contributed by atoms with Gasteiger partial charge in [0.2, 0.25) is 0 Å². The molecule has 1 fully saturated rings. The first kappa shape index (κ1) is 16.5. The molecule has 3 heteroatoms. The molecule has 3 nitrogen and oxygen atoms in total. The first-order chi connectivity index (χ1) is 10.5. The average Bonchev–Trinajstić information content (AvgIpc) is 2.79. The van der Waals surface area contributed by atoms with Crippen molar-refractivity contribution < 1.29 is 4.79 Å². The Morgan fingerprint density at radius 2 is 1.91 bits per heavy atom. The summed E-state index contributed by atoms with van der Waals surface area (Å²) < 4.78 is 0. The highest BCUT2D eigenvalue weighted by atomic mass is 16.1. The predicted octanol–water partition coefficient (Wildman–Crippen LogP) is 4.37. The van der Waals surface area contributed by atoms with E-state index in [1.165, 1.54) is 5.56 Å². The van der Waals surface area contributed by atoms with Gasteiger partial charge in [0.25, 0.3) is 0 Å². The Hall–Kier alpha value is -1.90. The molecule has 0 saturated carbocycles. The molecule has 2 rings (SSSR count). The third-order valence-corrected chi connectivity index (χ3v) is 4.32. The molecule has 118 valence electrons. The van der Waals surface area contributed by atoms with Crippen LogP contribution in [0.1, 0.15) is 52.1 Å². The second kappa shape index (κ2) is 6.91. The molecule has 2 atom stereocenters. The second-order valence-electron chi connectivity index (χ2n) is 6.27. The third kappa shape index (κ3) is 3.29. The van der Waals surface area contributed by atoms with Gasteiger partial charge in [0, 0.05) is 19.4 Å². The van der Waals surface area contributed by atoms with Crippen molar-refractivity contribution in [1.29, 1.82) is 0 Å². The maximum atomic E-state index is 12.1. The summed E-state index contributed by atoms with van der Waals surface area (Å²) in [6, 6.07) is 10.9. The van der Waals surface area contributed by atoms with Crippen molar-refractivity contribution in [1.82, 2.24) is 4.90 Å². The van der Waals surface area contributed by atoms with Crippen LogP contribution in [-0.4, -0.2) is 23.6 Å². The van der Waals surface area contributed by atoms with Gasteiger partial charge in [-0.05, 0) is 31.4 Å². The number of hydrogen-bond donors (Lipinski definition) is 0. The first-order valence-electron chi connectivity index (χ1n) is 8.02. The molecule has 22 heavy (non-hydrogen) atoms. The number of hydrogen-bond acceptors (Lipinski definition) is 2. The maximum absolute atomic E-state index is 12.1. The van der Waals surface area contributed by atoms with Crippen LogP contribution in [0.25, 0.3) is 0 Å². The number of benzene rings is 1. The highest BCUT2D eigenvalue weighted by molar-refractivity contribution is 5.99. The quantitative estimate of drug-likeness (QED) is 0.773. The van der Waals surface area contributed by atoms with E-state index in [1.54, 1.807) is 0 Å². The normalized spacial score (nSPS) is 23.0. The van der Waals surface area contributed by atoms with Crippen LogP contribution in [0, 0.1) is 5.92 Å². The molecular formula is C19H26N2O. The molecule has 1 aliphatic rings. The lowest BCUT2D eigenvalue weighted by Gasteiger charge is -2.23. The van der Waals surface area contributed by atoms with Crippen LogP contribution in [0.3, 0.4) is 0 Å².